The summed E-state index contributed by atoms with van der Waals surface area (Å²) in [6.07, 6.45) is 3.92. The van der Waals surface area contributed by atoms with Gasteiger partial charge in [0.05, 0.1) is 4.99 Å². The van der Waals surface area contributed by atoms with E-state index < -0.39 is 0 Å². The molecule has 1 nitrogen and oxygen atoms in total. The van der Waals surface area contributed by atoms with Gasteiger partial charge in [-0.1, -0.05) is 12.2 Å². The van der Waals surface area contributed by atoms with E-state index in [2.05, 4.69) is 12.2 Å². The topological polar surface area (TPSA) is 12.0 Å². The van der Waals surface area contributed by atoms with E-state index in [1.165, 1.54) is 12.8 Å². The Morgan fingerprint density at radius 2 is 2.33 bits per heavy atom. The highest BCUT2D eigenvalue weighted by Crippen LogP contribution is 2.32. The molecule has 0 aliphatic heterocycles. The predicted octanol–water partition coefficient (Wildman–Crippen LogP) is 1.72. The summed E-state index contributed by atoms with van der Waals surface area (Å²) in [5.74, 6) is 0.927. The summed E-state index contributed by atoms with van der Waals surface area (Å²) in [4.78, 5) is 1.06. The van der Waals surface area contributed by atoms with Crippen LogP contribution in [-0.2, 0) is 0 Å². The van der Waals surface area contributed by atoms with Crippen LogP contribution in [0.1, 0.15) is 26.2 Å². The monoisotopic (exact) mass is 143 g/mol. The maximum absolute atomic E-state index is 5.06. The van der Waals surface area contributed by atoms with Crippen molar-refractivity contribution in [2.24, 2.45) is 5.92 Å². The zero-order valence-electron chi connectivity index (χ0n) is 5.81. The molecule has 0 aromatic heterocycles. The molecular formula is C7H13NS. The van der Waals surface area contributed by atoms with Crippen molar-refractivity contribution in [3.63, 3.8) is 0 Å². The van der Waals surface area contributed by atoms with Crippen LogP contribution < -0.4 is 5.32 Å². The minimum absolute atomic E-state index is 0.927. The van der Waals surface area contributed by atoms with E-state index >= 15 is 0 Å². The zero-order valence-corrected chi connectivity index (χ0v) is 6.63. The minimum Gasteiger partial charge on any atom is -0.380 e. The van der Waals surface area contributed by atoms with E-state index in [1.807, 2.05) is 0 Å². The Kier molecular flexibility index (Phi) is 2.46. The zero-order chi connectivity index (χ0) is 6.69. The van der Waals surface area contributed by atoms with Crippen molar-refractivity contribution in [1.29, 1.82) is 0 Å². The SMILES string of the molecule is CCNC(=S)CC1CC1. The van der Waals surface area contributed by atoms with Crippen LogP contribution in [0.4, 0.5) is 0 Å². The maximum atomic E-state index is 5.06. The Morgan fingerprint density at radius 3 is 2.78 bits per heavy atom. The van der Waals surface area contributed by atoms with E-state index in [-0.39, 0.29) is 0 Å². The first-order valence-corrected chi connectivity index (χ1v) is 4.00. The summed E-state index contributed by atoms with van der Waals surface area (Å²) in [6, 6.07) is 0. The second-order valence-electron chi connectivity index (χ2n) is 2.60. The normalized spacial score (nSPS) is 17.4. The van der Waals surface area contributed by atoms with Crippen molar-refractivity contribution >= 4 is 17.2 Å². The van der Waals surface area contributed by atoms with E-state index in [0.29, 0.717) is 0 Å². The van der Waals surface area contributed by atoms with Gasteiger partial charge in [0, 0.05) is 13.0 Å². The molecule has 0 heterocycles. The average molecular weight is 143 g/mol. The standard InChI is InChI=1S/C7H13NS/c1-2-8-7(9)5-6-3-4-6/h6H,2-5H2,1H3,(H,8,9). The summed E-state index contributed by atoms with van der Waals surface area (Å²) in [7, 11) is 0. The second-order valence-corrected chi connectivity index (χ2v) is 3.09. The van der Waals surface area contributed by atoms with Crippen LogP contribution >= 0.6 is 12.2 Å². The van der Waals surface area contributed by atoms with Crippen LogP contribution in [0.2, 0.25) is 0 Å². The van der Waals surface area contributed by atoms with Crippen molar-refractivity contribution in [2.45, 2.75) is 26.2 Å². The van der Waals surface area contributed by atoms with Crippen LogP contribution in [0.3, 0.4) is 0 Å². The minimum atomic E-state index is 0.927. The highest BCUT2D eigenvalue weighted by molar-refractivity contribution is 7.80. The van der Waals surface area contributed by atoms with Crippen LogP contribution in [0, 0.1) is 5.92 Å². The highest BCUT2D eigenvalue weighted by atomic mass is 32.1. The van der Waals surface area contributed by atoms with Gasteiger partial charge in [0.1, 0.15) is 0 Å². The fraction of sp³-hybridized carbons (Fsp3) is 0.857. The molecule has 1 N–H and O–H groups in total. The smallest absolute Gasteiger partial charge is 0.0756 e. The van der Waals surface area contributed by atoms with Crippen LogP contribution in [0.5, 0.6) is 0 Å². The number of thiocarbonyl (C=S) groups is 1. The molecule has 0 unspecified atom stereocenters. The second kappa shape index (κ2) is 3.16. The lowest BCUT2D eigenvalue weighted by Gasteiger charge is -2.01. The summed E-state index contributed by atoms with van der Waals surface area (Å²) in [5.41, 5.74) is 0. The fourth-order valence-electron chi connectivity index (χ4n) is 0.854. The Balaban J connectivity index is 2.02. The van der Waals surface area contributed by atoms with E-state index in [9.17, 15) is 0 Å². The van der Waals surface area contributed by atoms with Crippen LogP contribution in [0.25, 0.3) is 0 Å². The van der Waals surface area contributed by atoms with Crippen molar-refractivity contribution < 1.29 is 0 Å². The Labute approximate surface area is 61.8 Å². The Hall–Kier alpha value is -0.110. The van der Waals surface area contributed by atoms with Gasteiger partial charge >= 0.3 is 0 Å². The predicted molar refractivity (Wildman–Crippen MR) is 43.6 cm³/mol. The summed E-state index contributed by atoms with van der Waals surface area (Å²) in [6.45, 7) is 3.06. The van der Waals surface area contributed by atoms with Gasteiger partial charge < -0.3 is 5.32 Å². The van der Waals surface area contributed by atoms with Crippen LogP contribution in [-0.4, -0.2) is 11.5 Å². The van der Waals surface area contributed by atoms with Crippen molar-refractivity contribution in [2.75, 3.05) is 6.54 Å². The number of hydrogen-bond acceptors (Lipinski definition) is 1. The van der Waals surface area contributed by atoms with Crippen LogP contribution in [0.15, 0.2) is 0 Å². The molecule has 0 aromatic carbocycles. The van der Waals surface area contributed by atoms with Gasteiger partial charge in [-0.15, -0.1) is 0 Å². The molecule has 1 fully saturated rings. The molecule has 0 aromatic rings. The molecule has 0 amide bonds. The quantitative estimate of drug-likeness (QED) is 0.604. The first-order chi connectivity index (χ1) is 4.33. The summed E-state index contributed by atoms with van der Waals surface area (Å²) in [5, 5.41) is 3.15. The summed E-state index contributed by atoms with van der Waals surface area (Å²) >= 11 is 5.06. The van der Waals surface area contributed by atoms with Gasteiger partial charge in [0.25, 0.3) is 0 Å². The molecule has 0 bridgehead atoms. The Morgan fingerprint density at radius 1 is 1.67 bits per heavy atom. The number of rotatable bonds is 3. The van der Waals surface area contributed by atoms with Gasteiger partial charge in [-0.3, -0.25) is 0 Å². The molecule has 2 heteroatoms. The molecule has 52 valence electrons. The largest absolute Gasteiger partial charge is 0.380 e. The molecule has 0 radical (unpaired) electrons. The lowest BCUT2D eigenvalue weighted by molar-refractivity contribution is 0.853. The third-order valence-electron chi connectivity index (χ3n) is 1.54. The van der Waals surface area contributed by atoms with Gasteiger partial charge in [-0.2, -0.15) is 0 Å². The molecule has 0 atom stereocenters. The maximum Gasteiger partial charge on any atom is 0.0756 e. The molecular weight excluding hydrogens is 130 g/mol. The van der Waals surface area contributed by atoms with Crippen molar-refractivity contribution in [3.8, 4) is 0 Å². The van der Waals surface area contributed by atoms with Crippen molar-refractivity contribution in [3.05, 3.63) is 0 Å². The average Bonchev–Trinajstić information content (AvgIpc) is 2.50. The molecule has 0 saturated heterocycles. The molecule has 1 aliphatic carbocycles. The van der Waals surface area contributed by atoms with Gasteiger partial charge in [-0.25, -0.2) is 0 Å². The van der Waals surface area contributed by atoms with Gasteiger partial charge in [-0.05, 0) is 25.7 Å². The van der Waals surface area contributed by atoms with Crippen molar-refractivity contribution in [1.82, 2.24) is 5.32 Å². The molecule has 1 saturated carbocycles. The first-order valence-electron chi connectivity index (χ1n) is 3.59. The Bertz CT molecular complexity index is 107. The number of hydrogen-bond donors (Lipinski definition) is 1. The lowest BCUT2D eigenvalue weighted by Crippen LogP contribution is -2.20. The van der Waals surface area contributed by atoms with E-state index in [1.54, 1.807) is 0 Å². The summed E-state index contributed by atoms with van der Waals surface area (Å²) < 4.78 is 0. The lowest BCUT2D eigenvalue weighted by atomic mass is 10.3. The molecule has 1 aliphatic rings. The van der Waals surface area contributed by atoms with E-state index in [0.717, 1.165) is 23.9 Å². The highest BCUT2D eigenvalue weighted by Gasteiger charge is 2.22. The molecule has 1 rings (SSSR count). The fourth-order valence-corrected chi connectivity index (χ4v) is 1.23. The third-order valence-corrected chi connectivity index (χ3v) is 1.86. The molecule has 9 heavy (non-hydrogen) atoms. The first kappa shape index (κ1) is 7.00. The third kappa shape index (κ3) is 2.80. The number of nitrogens with one attached hydrogen (secondary N) is 1. The van der Waals surface area contributed by atoms with Gasteiger partial charge in [0.2, 0.25) is 0 Å². The van der Waals surface area contributed by atoms with Gasteiger partial charge in [0.15, 0.2) is 0 Å². The molecule has 0 spiro atoms. The van der Waals surface area contributed by atoms with E-state index in [4.69, 9.17) is 12.2 Å².